The van der Waals surface area contributed by atoms with E-state index in [9.17, 15) is 14.9 Å². The van der Waals surface area contributed by atoms with Gasteiger partial charge in [-0.25, -0.2) is 4.79 Å². The zero-order chi connectivity index (χ0) is 17.1. The number of nitro benzene ring substituents is 1. The van der Waals surface area contributed by atoms with Crippen LogP contribution in [0, 0.1) is 10.1 Å². The van der Waals surface area contributed by atoms with Crippen LogP contribution in [0.4, 0.5) is 16.2 Å². The second-order valence-corrected chi connectivity index (χ2v) is 6.32. The van der Waals surface area contributed by atoms with E-state index in [0.717, 1.165) is 45.0 Å². The van der Waals surface area contributed by atoms with Crippen LogP contribution in [0.2, 0.25) is 0 Å². The molecule has 8 nitrogen and oxygen atoms in total. The number of likely N-dealkylation sites (N-methyl/N-ethyl adjacent to an activating group) is 1. The van der Waals surface area contributed by atoms with Crippen LogP contribution in [0.3, 0.4) is 0 Å². The summed E-state index contributed by atoms with van der Waals surface area (Å²) in [6, 6.07) is 6.73. The van der Waals surface area contributed by atoms with Crippen LogP contribution in [-0.2, 0) is 0 Å². The number of nitro groups is 1. The number of carbonyl (C=O) groups excluding carboxylic acids is 1. The zero-order valence-electron chi connectivity index (χ0n) is 13.9. The summed E-state index contributed by atoms with van der Waals surface area (Å²) >= 11 is 0. The van der Waals surface area contributed by atoms with Crippen LogP contribution in [0.15, 0.2) is 24.3 Å². The van der Waals surface area contributed by atoms with Crippen molar-refractivity contribution in [2.24, 2.45) is 0 Å². The van der Waals surface area contributed by atoms with Crippen molar-refractivity contribution >= 4 is 17.4 Å². The fourth-order valence-corrected chi connectivity index (χ4v) is 3.14. The lowest BCUT2D eigenvalue weighted by molar-refractivity contribution is -0.384. The molecule has 2 fully saturated rings. The summed E-state index contributed by atoms with van der Waals surface area (Å²) in [6.07, 6.45) is 0. The molecular weight excluding hydrogens is 310 g/mol. The van der Waals surface area contributed by atoms with Crippen LogP contribution in [0.5, 0.6) is 0 Å². The summed E-state index contributed by atoms with van der Waals surface area (Å²) in [4.78, 5) is 31.1. The highest BCUT2D eigenvalue weighted by molar-refractivity contribution is 5.75. The van der Waals surface area contributed by atoms with Crippen molar-refractivity contribution in [3.63, 3.8) is 0 Å². The van der Waals surface area contributed by atoms with Gasteiger partial charge in [-0.2, -0.15) is 0 Å². The first-order valence-corrected chi connectivity index (χ1v) is 8.26. The molecule has 0 atom stereocenters. The molecular formula is C16H23N5O3. The van der Waals surface area contributed by atoms with Crippen LogP contribution >= 0.6 is 0 Å². The number of piperazine rings is 2. The van der Waals surface area contributed by atoms with Crippen LogP contribution in [0.25, 0.3) is 0 Å². The molecule has 2 aliphatic heterocycles. The molecule has 2 heterocycles. The Bertz CT molecular complexity index is 590. The summed E-state index contributed by atoms with van der Waals surface area (Å²) in [5.74, 6) is 0. The van der Waals surface area contributed by atoms with Gasteiger partial charge >= 0.3 is 6.03 Å². The Kier molecular flexibility index (Phi) is 4.84. The lowest BCUT2D eigenvalue weighted by Gasteiger charge is -2.40. The van der Waals surface area contributed by atoms with E-state index < -0.39 is 4.92 Å². The number of carbonyl (C=O) groups is 1. The minimum absolute atomic E-state index is 0.0997. The number of amides is 2. The van der Waals surface area contributed by atoms with Gasteiger partial charge in [0.15, 0.2) is 0 Å². The smallest absolute Gasteiger partial charge is 0.320 e. The SMILES string of the molecule is CN1CCN(C(=O)N2CCN(c3ccc([N+](=O)[O-])cc3)CC2)CC1. The number of hydrogen-bond donors (Lipinski definition) is 0. The summed E-state index contributed by atoms with van der Waals surface area (Å²) in [5, 5.41) is 10.7. The highest BCUT2D eigenvalue weighted by Gasteiger charge is 2.27. The largest absolute Gasteiger partial charge is 0.368 e. The highest BCUT2D eigenvalue weighted by Crippen LogP contribution is 2.21. The Morgan fingerprint density at radius 2 is 1.42 bits per heavy atom. The zero-order valence-corrected chi connectivity index (χ0v) is 13.9. The lowest BCUT2D eigenvalue weighted by atomic mass is 10.2. The van der Waals surface area contributed by atoms with E-state index in [1.165, 1.54) is 12.1 Å². The highest BCUT2D eigenvalue weighted by atomic mass is 16.6. The second kappa shape index (κ2) is 7.04. The number of benzene rings is 1. The first-order chi connectivity index (χ1) is 11.5. The van der Waals surface area contributed by atoms with E-state index in [0.29, 0.717) is 13.1 Å². The van der Waals surface area contributed by atoms with E-state index in [1.807, 2.05) is 9.80 Å². The molecule has 0 radical (unpaired) electrons. The van der Waals surface area contributed by atoms with Crippen molar-refractivity contribution in [1.29, 1.82) is 0 Å². The minimum atomic E-state index is -0.392. The molecule has 0 saturated carbocycles. The molecule has 2 aliphatic rings. The maximum Gasteiger partial charge on any atom is 0.320 e. The molecule has 0 unspecified atom stereocenters. The van der Waals surface area contributed by atoms with Gasteiger partial charge in [0.05, 0.1) is 4.92 Å². The van der Waals surface area contributed by atoms with Crippen molar-refractivity contribution in [2.75, 3.05) is 64.3 Å². The van der Waals surface area contributed by atoms with Crippen molar-refractivity contribution in [2.45, 2.75) is 0 Å². The standard InChI is InChI=1S/C16H23N5O3/c1-17-6-8-19(9-7-17)16(22)20-12-10-18(11-13-20)14-2-4-15(5-3-14)21(23)24/h2-5H,6-13H2,1H3. The molecule has 0 bridgehead atoms. The van der Waals surface area contributed by atoms with E-state index in [1.54, 1.807) is 12.1 Å². The molecule has 0 spiro atoms. The number of rotatable bonds is 2. The second-order valence-electron chi connectivity index (χ2n) is 6.32. The fourth-order valence-electron chi connectivity index (χ4n) is 3.14. The Morgan fingerprint density at radius 1 is 0.917 bits per heavy atom. The number of anilines is 1. The minimum Gasteiger partial charge on any atom is -0.368 e. The van der Waals surface area contributed by atoms with Gasteiger partial charge in [0.25, 0.3) is 5.69 Å². The molecule has 0 aliphatic carbocycles. The van der Waals surface area contributed by atoms with Gasteiger partial charge in [0.2, 0.25) is 0 Å². The molecule has 2 saturated heterocycles. The Labute approximate surface area is 141 Å². The van der Waals surface area contributed by atoms with Gasteiger partial charge in [-0.05, 0) is 19.2 Å². The topological polar surface area (TPSA) is 73.2 Å². The van der Waals surface area contributed by atoms with Crippen molar-refractivity contribution < 1.29 is 9.72 Å². The maximum atomic E-state index is 12.6. The van der Waals surface area contributed by atoms with Gasteiger partial charge < -0.3 is 19.6 Å². The molecule has 0 aromatic heterocycles. The quantitative estimate of drug-likeness (QED) is 0.598. The van der Waals surface area contributed by atoms with Crippen molar-refractivity contribution in [3.8, 4) is 0 Å². The molecule has 3 rings (SSSR count). The van der Waals surface area contributed by atoms with E-state index >= 15 is 0 Å². The summed E-state index contributed by atoms with van der Waals surface area (Å²) in [6.45, 7) is 6.29. The van der Waals surface area contributed by atoms with E-state index in [-0.39, 0.29) is 11.7 Å². The van der Waals surface area contributed by atoms with Gasteiger partial charge in [-0.1, -0.05) is 0 Å². The average molecular weight is 333 g/mol. The third-order valence-electron chi connectivity index (χ3n) is 4.75. The first-order valence-electron chi connectivity index (χ1n) is 8.26. The number of nitrogens with zero attached hydrogens (tertiary/aromatic N) is 5. The molecule has 130 valence electrons. The fraction of sp³-hybridized carbons (Fsp3) is 0.562. The Morgan fingerprint density at radius 3 is 1.92 bits per heavy atom. The summed E-state index contributed by atoms with van der Waals surface area (Å²) < 4.78 is 0. The summed E-state index contributed by atoms with van der Waals surface area (Å²) in [7, 11) is 2.07. The average Bonchev–Trinajstić information content (AvgIpc) is 2.62. The predicted molar refractivity (Wildman–Crippen MR) is 91.3 cm³/mol. The molecule has 0 N–H and O–H groups in total. The maximum absolute atomic E-state index is 12.6. The van der Waals surface area contributed by atoms with Gasteiger partial charge in [0, 0.05) is 70.2 Å². The lowest BCUT2D eigenvalue weighted by Crippen LogP contribution is -2.56. The van der Waals surface area contributed by atoms with Gasteiger partial charge in [-0.15, -0.1) is 0 Å². The Hall–Kier alpha value is -2.35. The van der Waals surface area contributed by atoms with E-state index in [2.05, 4.69) is 16.8 Å². The van der Waals surface area contributed by atoms with Crippen molar-refractivity contribution in [3.05, 3.63) is 34.4 Å². The number of hydrogen-bond acceptors (Lipinski definition) is 5. The molecule has 24 heavy (non-hydrogen) atoms. The third-order valence-corrected chi connectivity index (χ3v) is 4.75. The van der Waals surface area contributed by atoms with Crippen LogP contribution in [0.1, 0.15) is 0 Å². The Balaban J connectivity index is 1.53. The molecule has 1 aromatic rings. The van der Waals surface area contributed by atoms with E-state index in [4.69, 9.17) is 0 Å². The summed E-state index contributed by atoms with van der Waals surface area (Å²) in [5.41, 5.74) is 1.06. The van der Waals surface area contributed by atoms with Crippen molar-refractivity contribution in [1.82, 2.24) is 14.7 Å². The molecule has 2 amide bonds. The number of non-ortho nitro benzene ring substituents is 1. The molecule has 1 aromatic carbocycles. The number of urea groups is 1. The van der Waals surface area contributed by atoms with Gasteiger partial charge in [-0.3, -0.25) is 10.1 Å². The van der Waals surface area contributed by atoms with Gasteiger partial charge in [0.1, 0.15) is 0 Å². The predicted octanol–water partition coefficient (Wildman–Crippen LogP) is 1.08. The van der Waals surface area contributed by atoms with Crippen LogP contribution < -0.4 is 4.90 Å². The molecule has 8 heteroatoms. The monoisotopic (exact) mass is 333 g/mol. The third kappa shape index (κ3) is 3.59. The first kappa shape index (κ1) is 16.5. The van der Waals surface area contributed by atoms with Crippen LogP contribution in [-0.4, -0.2) is 85.1 Å². The normalized spacial score (nSPS) is 19.5.